The molecule has 0 bridgehead atoms. The van der Waals surface area contributed by atoms with Gasteiger partial charge in [-0.3, -0.25) is 43.2 Å². The number of aliphatic carboxylic acids is 4. The van der Waals surface area contributed by atoms with Gasteiger partial charge in [-0.15, -0.1) is 0 Å². The van der Waals surface area contributed by atoms with E-state index in [0.717, 1.165) is 25.0 Å². The number of unbranched alkanes of at least 4 members (excludes halogenated alkanes) is 1. The number of nitrogens with one attached hydrogen (secondary N) is 6. The standard InChI is InChI=1S/C58H99N7O17S2.2Y/c1-36(47(69)63-22-28-81-26-13-24-66)43(53(77)78)56(5,6)33-41(52(75)76)45(50(72)61-19-17-37-34-59-35-65-37)57(7,8)31-39(48(70)64-23-29-82-27-14-25-67)46(54(79)80)58(9,10)32-40(51(73)74)44(55(2,3)4)49(71)62-21-20-60-42(68)16-12-11-15-38-18-30-83-84-38;;/h34-36,38-41,43-46,66-67H,11-33H2,1-10H3,(H,59,65)(H,60,68)(H,61,72)(H,62,71)(H,63,69)(H,64,70)(H,73,74)(H,75,76)(H,77,78)(H,79,80);;. The molecule has 1 fully saturated rings. The van der Waals surface area contributed by atoms with E-state index in [2.05, 4.69) is 36.6 Å². The number of H-pyrrole nitrogens is 1. The van der Waals surface area contributed by atoms with Gasteiger partial charge in [-0.2, -0.15) is 0 Å². The number of hydrogen-bond acceptors (Lipinski definition) is 16. The van der Waals surface area contributed by atoms with Crippen LogP contribution in [-0.2, 0) is 124 Å². The molecule has 0 saturated carbocycles. The van der Waals surface area contributed by atoms with Crippen molar-refractivity contribution in [2.24, 2.45) is 69.0 Å². The Morgan fingerprint density at radius 3 is 1.55 bits per heavy atom. The second-order valence-electron chi connectivity index (χ2n) is 25.1. The Balaban J connectivity index is 0.0000361. The van der Waals surface area contributed by atoms with Gasteiger partial charge in [-0.1, -0.05) is 97.2 Å². The van der Waals surface area contributed by atoms with E-state index in [4.69, 9.17) is 14.6 Å². The number of carbonyl (C=O) groups excluding carboxylic acids is 5. The molecule has 28 heteroatoms. The summed E-state index contributed by atoms with van der Waals surface area (Å²) in [6.07, 6.45) is 6.49. The van der Waals surface area contributed by atoms with Crippen molar-refractivity contribution in [3.8, 4) is 0 Å². The van der Waals surface area contributed by atoms with Crippen molar-refractivity contribution in [3.05, 3.63) is 18.2 Å². The maximum Gasteiger partial charge on any atom is 0.307 e. The molecule has 0 aromatic carbocycles. The van der Waals surface area contributed by atoms with E-state index in [0.29, 0.717) is 36.6 Å². The molecule has 24 nitrogen and oxygen atoms in total. The molecule has 2 radical (unpaired) electrons. The number of carbonyl (C=O) groups is 9. The monoisotopic (exact) mass is 1410 g/mol. The molecule has 1 aromatic rings. The van der Waals surface area contributed by atoms with Crippen molar-refractivity contribution >= 4 is 75.0 Å². The smallest absolute Gasteiger partial charge is 0.307 e. The number of aliphatic hydroxyl groups is 2. The molecule has 2 heterocycles. The Hall–Kier alpha value is -2.81. The van der Waals surface area contributed by atoms with Crippen LogP contribution in [0, 0.1) is 69.0 Å². The van der Waals surface area contributed by atoms with E-state index in [1.165, 1.54) is 61.0 Å². The fraction of sp³-hybridized carbons (Fsp3) is 0.793. The zero-order valence-corrected chi connectivity index (χ0v) is 59.5. The van der Waals surface area contributed by atoms with Gasteiger partial charge in [0.25, 0.3) is 0 Å². The van der Waals surface area contributed by atoms with Crippen LogP contribution in [-0.4, -0.2) is 177 Å². The zero-order valence-electron chi connectivity index (χ0n) is 52.2. The zero-order chi connectivity index (χ0) is 63.4. The number of amides is 5. The number of aromatic amines is 1. The van der Waals surface area contributed by atoms with Crippen molar-refractivity contribution in [2.45, 2.75) is 145 Å². The molecule has 1 aliphatic heterocycles. The van der Waals surface area contributed by atoms with Crippen LogP contribution in [0.25, 0.3) is 0 Å². The average molecular weight is 1410 g/mol. The first-order valence-electron chi connectivity index (χ1n) is 29.3. The average Bonchev–Trinajstić information content (AvgIpc) is 1.09. The van der Waals surface area contributed by atoms with Crippen molar-refractivity contribution in [3.63, 3.8) is 0 Å². The maximum absolute atomic E-state index is 15.0. The van der Waals surface area contributed by atoms with Crippen LogP contribution in [0.4, 0.5) is 0 Å². The summed E-state index contributed by atoms with van der Waals surface area (Å²) < 4.78 is 10.9. The van der Waals surface area contributed by atoms with Crippen molar-refractivity contribution in [1.29, 1.82) is 0 Å². The van der Waals surface area contributed by atoms with Crippen LogP contribution in [0.1, 0.15) is 139 Å². The van der Waals surface area contributed by atoms with Crippen LogP contribution < -0.4 is 26.6 Å². The number of ether oxygens (including phenoxy) is 2. The minimum absolute atomic E-state index is 0. The van der Waals surface area contributed by atoms with Gasteiger partial charge >= 0.3 is 23.9 Å². The predicted octanol–water partition coefficient (Wildman–Crippen LogP) is 4.62. The Morgan fingerprint density at radius 2 is 1.06 bits per heavy atom. The molecule has 0 aliphatic carbocycles. The molecule has 5 amide bonds. The number of imidazole rings is 1. The van der Waals surface area contributed by atoms with Gasteiger partial charge in [0, 0.05) is 166 Å². The summed E-state index contributed by atoms with van der Waals surface area (Å²) in [5.41, 5.74) is -5.28. The number of carboxylic acid groups (broad SMARTS) is 4. The van der Waals surface area contributed by atoms with Gasteiger partial charge in [0.05, 0.1) is 61.0 Å². The van der Waals surface area contributed by atoms with Gasteiger partial charge in [0.15, 0.2) is 0 Å². The molecule has 1 aromatic heterocycles. The van der Waals surface area contributed by atoms with E-state index in [1.54, 1.807) is 20.8 Å². The Labute approximate surface area is 566 Å². The summed E-state index contributed by atoms with van der Waals surface area (Å²) in [6.45, 7) is 15.3. The molecular weight excluding hydrogens is 1310 g/mol. The SMILES string of the molecule is CC(C(=O)NCCOCCCO)C(C(=O)O)C(C)(C)CC(C(=O)O)C(C(=O)NCCc1cnc[nH]1)C(C)(C)CC(C(=O)NCCOCCCO)C(C(=O)O)C(C)(C)CC(C(=O)O)C(C(=O)NCCNC(=O)CCCCC1CCSS1)C(C)(C)C.[Y].[Y]. The minimum atomic E-state index is -1.77. The summed E-state index contributed by atoms with van der Waals surface area (Å²) >= 11 is 0. The van der Waals surface area contributed by atoms with E-state index < -0.39 is 136 Å². The molecule has 486 valence electrons. The molecule has 1 saturated heterocycles. The molecule has 1 aliphatic rings. The summed E-state index contributed by atoms with van der Waals surface area (Å²) in [7, 11) is 3.75. The maximum atomic E-state index is 15.0. The van der Waals surface area contributed by atoms with E-state index in [1.807, 2.05) is 21.6 Å². The van der Waals surface area contributed by atoms with Gasteiger partial charge in [-0.05, 0) is 73.0 Å². The number of nitrogens with zero attached hydrogens (tertiary/aromatic N) is 1. The fourth-order valence-corrected chi connectivity index (χ4v) is 14.8. The topological polar surface area (TPSA) is 382 Å². The first-order valence-corrected chi connectivity index (χ1v) is 31.6. The Bertz CT molecular complexity index is 2250. The van der Waals surface area contributed by atoms with Gasteiger partial charge < -0.3 is 71.7 Å². The second kappa shape index (κ2) is 41.5. The molecular formula is C58H99N7O17S2Y2. The molecule has 9 atom stereocenters. The fourth-order valence-electron chi connectivity index (χ4n) is 11.8. The van der Waals surface area contributed by atoms with Crippen LogP contribution in [0.5, 0.6) is 0 Å². The third-order valence-corrected chi connectivity index (χ3v) is 18.8. The summed E-state index contributed by atoms with van der Waals surface area (Å²) in [5, 5.41) is 77.1. The molecule has 86 heavy (non-hydrogen) atoms. The minimum Gasteiger partial charge on any atom is -0.481 e. The van der Waals surface area contributed by atoms with E-state index in [9.17, 15) is 68.7 Å². The Morgan fingerprint density at radius 1 is 0.581 bits per heavy atom. The third-order valence-electron chi connectivity index (χ3n) is 15.8. The molecule has 9 unspecified atom stereocenters. The number of aromatic nitrogens is 2. The number of rotatable bonds is 44. The summed E-state index contributed by atoms with van der Waals surface area (Å²) in [6, 6.07) is 0. The largest absolute Gasteiger partial charge is 0.481 e. The van der Waals surface area contributed by atoms with Crippen molar-refractivity contribution in [1.82, 2.24) is 36.6 Å². The first kappa shape index (κ1) is 83.2. The number of hydrogen-bond donors (Lipinski definition) is 12. The van der Waals surface area contributed by atoms with Gasteiger partial charge in [0.2, 0.25) is 29.5 Å². The molecule has 2 rings (SSSR count). The summed E-state index contributed by atoms with van der Waals surface area (Å²) in [4.78, 5) is 132. The van der Waals surface area contributed by atoms with E-state index in [-0.39, 0.29) is 150 Å². The second-order valence-corrected chi connectivity index (χ2v) is 27.9. The first-order chi connectivity index (χ1) is 39.3. The van der Waals surface area contributed by atoms with Gasteiger partial charge in [0.1, 0.15) is 0 Å². The van der Waals surface area contributed by atoms with Crippen LogP contribution in [0.3, 0.4) is 0 Å². The van der Waals surface area contributed by atoms with Crippen LogP contribution >= 0.6 is 21.6 Å². The third kappa shape index (κ3) is 29.0. The van der Waals surface area contributed by atoms with Crippen molar-refractivity contribution in [2.75, 3.05) is 78.1 Å². The van der Waals surface area contributed by atoms with E-state index >= 15 is 0 Å². The number of aliphatic hydroxyl groups excluding tert-OH is 2. The normalized spacial score (nSPS) is 16.5. The van der Waals surface area contributed by atoms with Crippen molar-refractivity contribution < 1.29 is 149 Å². The van der Waals surface area contributed by atoms with Crippen LogP contribution in [0.2, 0.25) is 0 Å². The predicted molar refractivity (Wildman–Crippen MR) is 318 cm³/mol. The van der Waals surface area contributed by atoms with Crippen LogP contribution in [0.15, 0.2) is 12.5 Å². The van der Waals surface area contributed by atoms with Gasteiger partial charge in [-0.25, -0.2) is 4.98 Å². The quantitative estimate of drug-likeness (QED) is 0.0313. The Kier molecular flexibility index (Phi) is 40.2. The molecule has 12 N–H and O–H groups in total. The molecule has 0 spiro atoms. The summed E-state index contributed by atoms with van der Waals surface area (Å²) in [5.74, 6) is -20.3. The number of carboxylic acids is 4.